The minimum absolute atomic E-state index is 0.165. The molecule has 0 aliphatic carbocycles. The van der Waals surface area contributed by atoms with E-state index in [0.717, 1.165) is 0 Å². The number of carboxylic acids is 1. The topological polar surface area (TPSA) is 106 Å². The summed E-state index contributed by atoms with van der Waals surface area (Å²) in [6.45, 7) is 1.69. The molecule has 0 aromatic heterocycles. The monoisotopic (exact) mass is 334 g/mol. The Bertz CT molecular complexity index is 523. The normalized spacial score (nSPS) is 13.5. The molecule has 116 valence electrons. The van der Waals surface area contributed by atoms with Crippen LogP contribution in [0.3, 0.4) is 0 Å². The number of hydrogen-bond donors (Lipinski definition) is 3. The molecular weight excluding hydrogens is 319 g/mol. The minimum atomic E-state index is -1.36. The lowest BCUT2D eigenvalue weighted by molar-refractivity contribution is -0.687. The summed E-state index contributed by atoms with van der Waals surface area (Å²) in [5.74, 6) is -1.86. The van der Waals surface area contributed by atoms with E-state index < -0.39 is 24.0 Å². The van der Waals surface area contributed by atoms with E-state index >= 15 is 0 Å². The Labute approximate surface area is 132 Å². The summed E-state index contributed by atoms with van der Waals surface area (Å²) < 4.78 is 0. The number of hydrogen-bond acceptors (Lipinski definition) is 4. The van der Waals surface area contributed by atoms with E-state index in [2.05, 4.69) is 5.32 Å². The number of rotatable bonds is 7. The number of carboxylic acid groups (broad SMARTS) is 1. The highest BCUT2D eigenvalue weighted by Gasteiger charge is 2.19. The molecule has 1 aromatic carbocycles. The molecule has 0 heterocycles. The van der Waals surface area contributed by atoms with E-state index in [-0.39, 0.29) is 18.0 Å². The number of nitrogens with one attached hydrogen (secondary N) is 1. The highest BCUT2D eigenvalue weighted by Crippen LogP contribution is 2.24. The highest BCUT2D eigenvalue weighted by molar-refractivity contribution is 6.42. The van der Waals surface area contributed by atoms with Crippen molar-refractivity contribution in [1.29, 1.82) is 0 Å². The van der Waals surface area contributed by atoms with Gasteiger partial charge in [-0.3, -0.25) is 4.79 Å². The van der Waals surface area contributed by atoms with E-state index in [1.165, 1.54) is 24.4 Å². The summed E-state index contributed by atoms with van der Waals surface area (Å²) in [6, 6.07) is 3.48. The van der Waals surface area contributed by atoms with Gasteiger partial charge in [0.15, 0.2) is 0 Å². The molecule has 0 spiro atoms. The first-order valence-corrected chi connectivity index (χ1v) is 7.02. The lowest BCUT2D eigenvalue weighted by atomic mass is 10.2. The van der Waals surface area contributed by atoms with Crippen LogP contribution in [0.4, 0.5) is 5.69 Å². The van der Waals surface area contributed by atoms with Crippen molar-refractivity contribution in [1.82, 2.24) is 0 Å². The number of aliphatic carboxylic acids is 1. The summed E-state index contributed by atoms with van der Waals surface area (Å²) in [6.07, 6.45) is -0.958. The van der Waals surface area contributed by atoms with Gasteiger partial charge in [0.25, 0.3) is 0 Å². The van der Waals surface area contributed by atoms with E-state index in [1.54, 1.807) is 6.07 Å². The molecule has 4 N–H and O–H groups in total. The van der Waals surface area contributed by atoms with Crippen LogP contribution in [-0.2, 0) is 9.59 Å². The molecule has 0 radical (unpaired) electrons. The smallest absolute Gasteiger partial charge is 0.230 e. The largest absolute Gasteiger partial charge is 0.544 e. The first kappa shape index (κ1) is 17.7. The molecule has 1 amide bonds. The molecule has 0 bridgehead atoms. The maximum Gasteiger partial charge on any atom is 0.230 e. The summed E-state index contributed by atoms with van der Waals surface area (Å²) in [7, 11) is 0. The predicted molar refractivity (Wildman–Crippen MR) is 77.0 cm³/mol. The van der Waals surface area contributed by atoms with E-state index in [9.17, 15) is 14.7 Å². The summed E-state index contributed by atoms with van der Waals surface area (Å²) in [4.78, 5) is 22.8. The number of aliphatic hydroxyl groups excluding tert-OH is 1. The second-order valence-electron chi connectivity index (χ2n) is 4.63. The van der Waals surface area contributed by atoms with Crippen molar-refractivity contribution in [2.24, 2.45) is 0 Å². The molecule has 8 heteroatoms. The number of halogens is 2. The Morgan fingerprint density at radius 1 is 1.38 bits per heavy atom. The molecule has 0 saturated carbocycles. The number of nitrogens with two attached hydrogens (primary N) is 1. The Hall–Kier alpha value is -1.34. The maximum absolute atomic E-state index is 11.8. The molecule has 21 heavy (non-hydrogen) atoms. The number of benzene rings is 1. The average molecular weight is 335 g/mol. The Morgan fingerprint density at radius 2 is 2.05 bits per heavy atom. The van der Waals surface area contributed by atoms with Gasteiger partial charge >= 0.3 is 0 Å². The number of amides is 1. The second kappa shape index (κ2) is 8.19. The molecule has 0 aliphatic heterocycles. The molecule has 0 fully saturated rings. The van der Waals surface area contributed by atoms with Crippen molar-refractivity contribution in [3.05, 3.63) is 28.2 Å². The fourth-order valence-electron chi connectivity index (χ4n) is 1.61. The SMILES string of the molecule is C[C@@H](O)C[NH2+][C@H](CC(=O)Nc1ccc(Cl)c(Cl)c1)C(=O)[O-]. The number of quaternary nitrogens is 1. The number of aliphatic hydroxyl groups is 1. The summed E-state index contributed by atoms with van der Waals surface area (Å²) >= 11 is 11.6. The summed E-state index contributed by atoms with van der Waals surface area (Å²) in [5.41, 5.74) is 0.419. The van der Waals surface area contributed by atoms with Gasteiger partial charge in [-0.05, 0) is 25.1 Å². The third-order valence-electron chi connectivity index (χ3n) is 2.67. The van der Waals surface area contributed by atoms with Gasteiger partial charge in [0, 0.05) is 5.69 Å². The molecule has 2 atom stereocenters. The Balaban J connectivity index is 2.60. The van der Waals surface area contributed by atoms with Gasteiger partial charge in [0.1, 0.15) is 12.6 Å². The molecule has 0 unspecified atom stereocenters. The van der Waals surface area contributed by atoms with Crippen LogP contribution in [0, 0.1) is 0 Å². The van der Waals surface area contributed by atoms with E-state index in [0.29, 0.717) is 10.7 Å². The van der Waals surface area contributed by atoms with E-state index in [1.807, 2.05) is 0 Å². The molecule has 1 aromatic rings. The minimum Gasteiger partial charge on any atom is -0.544 e. The number of anilines is 1. The second-order valence-corrected chi connectivity index (χ2v) is 5.44. The van der Waals surface area contributed by atoms with Crippen molar-refractivity contribution in [2.45, 2.75) is 25.5 Å². The van der Waals surface area contributed by atoms with Crippen molar-refractivity contribution >= 4 is 40.8 Å². The zero-order valence-corrected chi connectivity index (χ0v) is 12.8. The zero-order valence-electron chi connectivity index (χ0n) is 11.3. The molecule has 1 rings (SSSR count). The van der Waals surface area contributed by atoms with Gasteiger partial charge in [-0.15, -0.1) is 0 Å². The van der Waals surface area contributed by atoms with Crippen LogP contribution in [0.1, 0.15) is 13.3 Å². The Morgan fingerprint density at radius 3 is 2.57 bits per heavy atom. The van der Waals surface area contributed by atoms with Gasteiger partial charge in [-0.25, -0.2) is 0 Å². The van der Waals surface area contributed by atoms with Gasteiger partial charge in [0.05, 0.1) is 28.5 Å². The first-order valence-electron chi connectivity index (χ1n) is 6.26. The van der Waals surface area contributed by atoms with E-state index in [4.69, 9.17) is 28.3 Å². The lowest BCUT2D eigenvalue weighted by Crippen LogP contribution is -2.94. The molecule has 6 nitrogen and oxygen atoms in total. The van der Waals surface area contributed by atoms with Gasteiger partial charge < -0.3 is 25.6 Å². The predicted octanol–water partition coefficient (Wildman–Crippen LogP) is -0.615. The van der Waals surface area contributed by atoms with Crippen LogP contribution in [0.2, 0.25) is 10.0 Å². The van der Waals surface area contributed by atoms with Crippen molar-refractivity contribution in [2.75, 3.05) is 11.9 Å². The van der Waals surface area contributed by atoms with Crippen molar-refractivity contribution in [3.63, 3.8) is 0 Å². The van der Waals surface area contributed by atoms with Crippen LogP contribution in [-0.4, -0.2) is 35.7 Å². The van der Waals surface area contributed by atoms with Gasteiger partial charge in [-0.1, -0.05) is 23.2 Å². The standard InChI is InChI=1S/C13H16Cl2N2O4/c1-7(18)6-16-11(13(20)21)5-12(19)17-8-2-3-9(14)10(15)4-8/h2-4,7,11,16,18H,5-6H2,1H3,(H,17,19)(H,20,21)/t7-,11-/m1/s1. The summed E-state index contributed by atoms with van der Waals surface area (Å²) in [5, 5.41) is 24.6. The van der Waals surface area contributed by atoms with Crippen LogP contribution < -0.4 is 15.7 Å². The zero-order chi connectivity index (χ0) is 16.0. The quantitative estimate of drug-likeness (QED) is 0.618. The third kappa shape index (κ3) is 6.31. The fraction of sp³-hybridized carbons (Fsp3) is 0.385. The number of carbonyl (C=O) groups excluding carboxylic acids is 2. The molecule has 0 saturated heterocycles. The van der Waals surface area contributed by atoms with Crippen molar-refractivity contribution < 1.29 is 25.1 Å². The van der Waals surface area contributed by atoms with Gasteiger partial charge in [-0.2, -0.15) is 0 Å². The van der Waals surface area contributed by atoms with Crippen LogP contribution in [0.25, 0.3) is 0 Å². The maximum atomic E-state index is 11.8. The highest BCUT2D eigenvalue weighted by atomic mass is 35.5. The van der Waals surface area contributed by atoms with Gasteiger partial charge in [0.2, 0.25) is 5.91 Å². The average Bonchev–Trinajstić information content (AvgIpc) is 2.38. The molecule has 0 aliphatic rings. The van der Waals surface area contributed by atoms with Crippen LogP contribution in [0.5, 0.6) is 0 Å². The molecular formula is C13H16Cl2N2O4. The number of carbonyl (C=O) groups is 2. The Kier molecular flexibility index (Phi) is 6.91. The third-order valence-corrected chi connectivity index (χ3v) is 3.41. The fourth-order valence-corrected chi connectivity index (χ4v) is 1.91. The van der Waals surface area contributed by atoms with Crippen molar-refractivity contribution in [3.8, 4) is 0 Å². The van der Waals surface area contributed by atoms with Crippen LogP contribution >= 0.6 is 23.2 Å². The first-order chi connectivity index (χ1) is 9.79. The lowest BCUT2D eigenvalue weighted by Gasteiger charge is -2.17. The van der Waals surface area contributed by atoms with Crippen LogP contribution in [0.15, 0.2) is 18.2 Å².